The van der Waals surface area contributed by atoms with E-state index in [1.54, 1.807) is 18.7 Å². The minimum Gasteiger partial charge on any atom is -0.489 e. The van der Waals surface area contributed by atoms with Crippen molar-refractivity contribution in [3.63, 3.8) is 0 Å². The lowest BCUT2D eigenvalue weighted by molar-refractivity contribution is 0.0704. The molecule has 0 radical (unpaired) electrons. The van der Waals surface area contributed by atoms with Crippen LogP contribution in [0.4, 0.5) is 4.39 Å². The van der Waals surface area contributed by atoms with E-state index in [1.807, 2.05) is 0 Å². The lowest BCUT2D eigenvalue weighted by atomic mass is 9.88. The van der Waals surface area contributed by atoms with Crippen LogP contribution < -0.4 is 10.1 Å². The van der Waals surface area contributed by atoms with Gasteiger partial charge in [-0.25, -0.2) is 14.4 Å². The second-order valence-electron chi connectivity index (χ2n) is 9.61. The van der Waals surface area contributed by atoms with Gasteiger partial charge in [-0.15, -0.1) is 0 Å². The largest absolute Gasteiger partial charge is 0.489 e. The highest BCUT2D eigenvalue weighted by Gasteiger charge is 2.37. The number of halogens is 2. The number of carbonyl (C=O) groups is 1. The highest BCUT2D eigenvalue weighted by Crippen LogP contribution is 2.32. The number of benzene rings is 1. The molecule has 3 aliphatic rings. The molecule has 1 saturated carbocycles. The molecule has 1 amide bonds. The van der Waals surface area contributed by atoms with E-state index in [-0.39, 0.29) is 30.9 Å². The topological polar surface area (TPSA) is 100 Å². The molecule has 0 bridgehead atoms. The van der Waals surface area contributed by atoms with Crippen molar-refractivity contribution in [2.24, 2.45) is 0 Å². The van der Waals surface area contributed by atoms with Gasteiger partial charge in [-0.2, -0.15) is 0 Å². The predicted molar refractivity (Wildman–Crippen MR) is 129 cm³/mol. The third-order valence-electron chi connectivity index (χ3n) is 6.95. The first-order chi connectivity index (χ1) is 16.8. The van der Waals surface area contributed by atoms with Gasteiger partial charge in [0.05, 0.1) is 41.0 Å². The molecule has 2 atom stereocenters. The van der Waals surface area contributed by atoms with E-state index in [2.05, 4.69) is 15.3 Å². The Morgan fingerprint density at radius 3 is 2.69 bits per heavy atom. The maximum Gasteiger partial charge on any atom is 0.257 e. The summed E-state index contributed by atoms with van der Waals surface area (Å²) in [5, 5.41) is 12.5. The third-order valence-corrected chi connectivity index (χ3v) is 7.49. The molecule has 2 unspecified atom stereocenters. The van der Waals surface area contributed by atoms with Crippen molar-refractivity contribution in [3.8, 4) is 5.75 Å². The van der Waals surface area contributed by atoms with E-state index in [0.29, 0.717) is 45.6 Å². The molecule has 2 aromatic rings. The maximum absolute atomic E-state index is 14.1. The number of likely N-dealkylation sites (tertiary alicyclic amines) is 1. The molecule has 5 rings (SSSR count). The minimum atomic E-state index is -0.457. The number of carbonyl (C=O) groups excluding carboxylic acids is 1. The molecule has 3 heterocycles. The van der Waals surface area contributed by atoms with Gasteiger partial charge in [-0.1, -0.05) is 11.6 Å². The van der Waals surface area contributed by atoms with Crippen LogP contribution in [0, 0.1) is 25.1 Å². The Hall–Kier alpha value is -2.62. The Balaban J connectivity index is 1.26. The second-order valence-corrected chi connectivity index (χ2v) is 9.98. The first kappa shape index (κ1) is 24.1. The van der Waals surface area contributed by atoms with Crippen LogP contribution >= 0.6 is 11.6 Å². The van der Waals surface area contributed by atoms with Crippen molar-refractivity contribution < 1.29 is 18.7 Å². The molecule has 1 aliphatic carbocycles. The zero-order valence-electron chi connectivity index (χ0n) is 19.8. The number of hydrogen-bond donors (Lipinski definition) is 2. The van der Waals surface area contributed by atoms with Crippen LogP contribution in [-0.4, -0.2) is 71.0 Å². The Bertz CT molecular complexity index is 1130. The summed E-state index contributed by atoms with van der Waals surface area (Å²) >= 11 is 6.19. The summed E-state index contributed by atoms with van der Waals surface area (Å²) < 4.78 is 25.5. The van der Waals surface area contributed by atoms with Gasteiger partial charge in [-0.3, -0.25) is 4.79 Å². The minimum absolute atomic E-state index is 0.0822. The smallest absolute Gasteiger partial charge is 0.257 e. The number of nitrogens with one attached hydrogen (secondary N) is 2. The molecule has 0 spiro atoms. The predicted octanol–water partition coefficient (Wildman–Crippen LogP) is 3.43. The monoisotopic (exact) mass is 501 g/mol. The number of rotatable bonds is 6. The van der Waals surface area contributed by atoms with Crippen LogP contribution in [0.15, 0.2) is 18.2 Å². The molecule has 186 valence electrons. The molecule has 2 aliphatic heterocycles. The molecule has 2 saturated heterocycles. The van der Waals surface area contributed by atoms with Crippen molar-refractivity contribution in [1.82, 2.24) is 20.2 Å². The molecular weight excluding hydrogens is 473 g/mol. The first-order valence-corrected chi connectivity index (χ1v) is 12.3. The summed E-state index contributed by atoms with van der Waals surface area (Å²) in [6, 6.07) is 4.71. The Morgan fingerprint density at radius 2 is 2.00 bits per heavy atom. The third kappa shape index (κ3) is 5.03. The number of aryl methyl sites for hydroxylation is 2. The molecule has 2 N–H and O–H groups in total. The van der Waals surface area contributed by atoms with Gasteiger partial charge in [-0.05, 0) is 45.2 Å². The summed E-state index contributed by atoms with van der Waals surface area (Å²) in [6.07, 6.45) is 2.52. The SMILES string of the molecule is Cc1nc(C2CN(C(=O)c3ccc(F)cc3OC3CC(NC4CCOC4)C3)CC2=N)nc(C)c1Cl. The number of ether oxygens (including phenoxy) is 2. The number of nitrogens with zero attached hydrogens (tertiary/aromatic N) is 3. The van der Waals surface area contributed by atoms with Crippen molar-refractivity contribution in [2.75, 3.05) is 26.3 Å². The summed E-state index contributed by atoms with van der Waals surface area (Å²) in [5.41, 5.74) is 1.95. The second kappa shape index (κ2) is 9.79. The van der Waals surface area contributed by atoms with Gasteiger partial charge in [0.15, 0.2) is 0 Å². The highest BCUT2D eigenvalue weighted by atomic mass is 35.5. The van der Waals surface area contributed by atoms with Gasteiger partial charge in [0.2, 0.25) is 0 Å². The van der Waals surface area contributed by atoms with Gasteiger partial charge < -0.3 is 25.1 Å². The van der Waals surface area contributed by atoms with E-state index in [9.17, 15) is 9.18 Å². The van der Waals surface area contributed by atoms with Crippen molar-refractivity contribution >= 4 is 23.2 Å². The standard InChI is InChI=1S/C25H29ClFN5O3/c1-13-23(26)14(2)30-24(29-13)20-10-32(11-21(20)28)25(33)19-4-3-15(27)7-22(19)35-18-8-17(9-18)31-16-5-6-34-12-16/h3-4,7,16-18,20,28,31H,5-6,8-12H2,1-2H3. The van der Waals surface area contributed by atoms with E-state index in [0.717, 1.165) is 32.5 Å². The van der Waals surface area contributed by atoms with E-state index in [1.165, 1.54) is 18.2 Å². The van der Waals surface area contributed by atoms with Crippen LogP contribution in [0.5, 0.6) is 5.75 Å². The summed E-state index contributed by atoms with van der Waals surface area (Å²) in [4.78, 5) is 23.9. The van der Waals surface area contributed by atoms with Gasteiger partial charge in [0, 0.05) is 37.0 Å². The molecule has 1 aromatic carbocycles. The van der Waals surface area contributed by atoms with Crippen LogP contribution in [0.2, 0.25) is 5.02 Å². The van der Waals surface area contributed by atoms with Crippen LogP contribution in [0.1, 0.15) is 52.8 Å². The van der Waals surface area contributed by atoms with Crippen molar-refractivity contribution in [2.45, 2.75) is 57.2 Å². The van der Waals surface area contributed by atoms with Gasteiger partial charge >= 0.3 is 0 Å². The lowest BCUT2D eigenvalue weighted by Crippen LogP contribution is -2.50. The van der Waals surface area contributed by atoms with Crippen LogP contribution in [0.25, 0.3) is 0 Å². The molecular formula is C25H29ClFN5O3. The highest BCUT2D eigenvalue weighted by molar-refractivity contribution is 6.31. The quantitative estimate of drug-likeness (QED) is 0.629. The molecule has 35 heavy (non-hydrogen) atoms. The summed E-state index contributed by atoms with van der Waals surface area (Å²) in [6.45, 7) is 5.55. The molecule has 8 nitrogen and oxygen atoms in total. The number of hydrogen-bond acceptors (Lipinski definition) is 7. The Kier molecular flexibility index (Phi) is 6.74. The zero-order valence-corrected chi connectivity index (χ0v) is 20.6. The van der Waals surface area contributed by atoms with E-state index in [4.69, 9.17) is 26.5 Å². The van der Waals surface area contributed by atoms with Crippen molar-refractivity contribution in [1.29, 1.82) is 5.41 Å². The summed E-state index contributed by atoms with van der Waals surface area (Å²) in [5.74, 6) is -0.433. The fourth-order valence-electron chi connectivity index (χ4n) is 4.91. The zero-order chi connectivity index (χ0) is 24.7. The Morgan fingerprint density at radius 1 is 1.26 bits per heavy atom. The molecule has 3 fully saturated rings. The molecule has 1 aromatic heterocycles. The average Bonchev–Trinajstić information content (AvgIpc) is 3.45. The van der Waals surface area contributed by atoms with Crippen LogP contribution in [-0.2, 0) is 4.74 Å². The fraction of sp³-hybridized carbons (Fsp3) is 0.520. The molecule has 10 heteroatoms. The van der Waals surface area contributed by atoms with Gasteiger partial charge in [0.1, 0.15) is 23.5 Å². The fourth-order valence-corrected chi connectivity index (χ4v) is 4.99. The Labute approximate surface area is 208 Å². The average molecular weight is 502 g/mol. The maximum atomic E-state index is 14.1. The van der Waals surface area contributed by atoms with Gasteiger partial charge in [0.25, 0.3) is 5.91 Å². The number of aromatic nitrogens is 2. The lowest BCUT2D eigenvalue weighted by Gasteiger charge is -2.37. The number of amides is 1. The summed E-state index contributed by atoms with van der Waals surface area (Å²) in [7, 11) is 0. The first-order valence-electron chi connectivity index (χ1n) is 12.0. The normalized spacial score (nSPS) is 26.2. The van der Waals surface area contributed by atoms with E-state index >= 15 is 0 Å². The van der Waals surface area contributed by atoms with Crippen molar-refractivity contribution in [3.05, 3.63) is 51.8 Å². The van der Waals surface area contributed by atoms with E-state index < -0.39 is 11.7 Å². The van der Waals surface area contributed by atoms with Crippen LogP contribution in [0.3, 0.4) is 0 Å².